The number of nitrogens with zero attached hydrogens (tertiary/aromatic N) is 5. The minimum atomic E-state index is -0.801. The normalized spacial score (nSPS) is 14.5. The van der Waals surface area contributed by atoms with Gasteiger partial charge in [-0.25, -0.2) is 4.99 Å². The van der Waals surface area contributed by atoms with Crippen molar-refractivity contribution in [1.82, 2.24) is 14.0 Å². The summed E-state index contributed by atoms with van der Waals surface area (Å²) in [4.78, 5) is 46.3. The van der Waals surface area contributed by atoms with Crippen molar-refractivity contribution in [2.45, 2.75) is 33.4 Å². The quantitative estimate of drug-likeness (QED) is 0.152. The van der Waals surface area contributed by atoms with Crippen molar-refractivity contribution in [2.75, 3.05) is 27.3 Å². The number of thiazole rings is 1. The maximum atomic E-state index is 14.5. The van der Waals surface area contributed by atoms with Crippen LogP contribution in [-0.2, 0) is 11.3 Å². The molecule has 0 N–H and O–H groups in total. The molecule has 0 bridgehead atoms. The number of likely N-dealkylation sites (N-methyl/N-ethyl adjacent to an activating group) is 1. The number of fused-ring (bicyclic) bond motifs is 2. The molecule has 5 aromatic rings. The van der Waals surface area contributed by atoms with Gasteiger partial charge in [0.2, 0.25) is 0 Å². The van der Waals surface area contributed by atoms with E-state index in [1.165, 1.54) is 23.5 Å². The van der Waals surface area contributed by atoms with Crippen molar-refractivity contribution in [1.29, 1.82) is 0 Å². The zero-order valence-electron chi connectivity index (χ0n) is 27.3. The first-order chi connectivity index (χ1) is 23.2. The fourth-order valence-corrected chi connectivity index (χ4v) is 7.24. The van der Waals surface area contributed by atoms with Gasteiger partial charge in [0.15, 0.2) is 4.80 Å². The number of rotatable bonds is 10. The van der Waals surface area contributed by atoms with Crippen molar-refractivity contribution in [3.05, 3.63) is 131 Å². The van der Waals surface area contributed by atoms with E-state index in [1.54, 1.807) is 60.9 Å². The van der Waals surface area contributed by atoms with Gasteiger partial charge in [0, 0.05) is 60.0 Å². The molecule has 246 valence electrons. The highest BCUT2D eigenvalue weighted by molar-refractivity contribution is 7.07. The maximum absolute atomic E-state index is 14.5. The number of hydrogen-bond acceptors (Lipinski definition) is 8. The van der Waals surface area contributed by atoms with E-state index in [2.05, 4.69) is 4.57 Å². The third-order valence-corrected chi connectivity index (χ3v) is 9.62. The number of nitro groups is 1. The Hall–Kier alpha value is -5.49. The summed E-state index contributed by atoms with van der Waals surface area (Å²) in [6.45, 7) is 7.14. The first kappa shape index (κ1) is 32.5. The van der Waals surface area contributed by atoms with Gasteiger partial charge in [0.25, 0.3) is 17.2 Å². The third-order valence-electron chi connectivity index (χ3n) is 8.64. The van der Waals surface area contributed by atoms with Gasteiger partial charge < -0.3 is 18.9 Å². The van der Waals surface area contributed by atoms with E-state index in [0.717, 1.165) is 22.0 Å². The summed E-state index contributed by atoms with van der Waals surface area (Å²) in [6, 6.07) is 18.9. The van der Waals surface area contributed by atoms with E-state index in [-0.39, 0.29) is 17.2 Å². The molecule has 2 aromatic heterocycles. The van der Waals surface area contributed by atoms with Gasteiger partial charge in [-0.3, -0.25) is 24.3 Å². The van der Waals surface area contributed by atoms with Crippen LogP contribution in [0.15, 0.2) is 94.0 Å². The molecule has 0 fully saturated rings. The average molecular weight is 666 g/mol. The zero-order valence-corrected chi connectivity index (χ0v) is 28.1. The Morgan fingerprint density at radius 2 is 1.79 bits per heavy atom. The van der Waals surface area contributed by atoms with Gasteiger partial charge in [-0.1, -0.05) is 41.7 Å². The van der Waals surface area contributed by atoms with Crippen molar-refractivity contribution in [3.8, 4) is 11.5 Å². The first-order valence-electron chi connectivity index (χ1n) is 15.5. The van der Waals surface area contributed by atoms with Crippen molar-refractivity contribution < 1.29 is 19.2 Å². The molecule has 1 amide bonds. The molecule has 0 spiro atoms. The van der Waals surface area contributed by atoms with Gasteiger partial charge in [-0.2, -0.15) is 0 Å². The summed E-state index contributed by atoms with van der Waals surface area (Å²) < 4.78 is 15.4. The summed E-state index contributed by atoms with van der Waals surface area (Å²) in [5.74, 6) is 0.891. The minimum absolute atomic E-state index is 0.0363. The van der Waals surface area contributed by atoms with Crippen LogP contribution in [-0.4, -0.2) is 52.2 Å². The molecule has 48 heavy (non-hydrogen) atoms. The Morgan fingerprint density at radius 1 is 1.06 bits per heavy atom. The van der Waals surface area contributed by atoms with Crippen LogP contribution in [0.1, 0.15) is 43.5 Å². The maximum Gasteiger partial charge on any atom is 0.271 e. The van der Waals surface area contributed by atoms with Gasteiger partial charge in [-0.15, -0.1) is 0 Å². The molecule has 11 nitrogen and oxygen atoms in total. The van der Waals surface area contributed by atoms with Crippen LogP contribution in [0, 0.1) is 10.1 Å². The predicted molar refractivity (Wildman–Crippen MR) is 185 cm³/mol. The minimum Gasteiger partial charge on any atom is -0.497 e. The van der Waals surface area contributed by atoms with Crippen molar-refractivity contribution in [3.63, 3.8) is 0 Å². The Labute approximate surface area is 280 Å². The lowest BCUT2D eigenvalue weighted by Crippen LogP contribution is -2.43. The van der Waals surface area contributed by atoms with Crippen LogP contribution < -0.4 is 24.4 Å². The van der Waals surface area contributed by atoms with Crippen LogP contribution in [0.4, 0.5) is 5.69 Å². The SMILES string of the molecule is CCN(CC)C(=O)C1=C(C)N=c2s/c(=C/c3cn(Cc4ccc([N+](=O)[O-])cc4)c4ccccc34)c(=O)n2[C@@H]1c1cc(OC)ccc1OC. The molecule has 0 saturated carbocycles. The third kappa shape index (κ3) is 5.79. The van der Waals surface area contributed by atoms with E-state index in [0.29, 0.717) is 57.3 Å². The molecular weight excluding hydrogens is 630 g/mol. The highest BCUT2D eigenvalue weighted by atomic mass is 32.1. The molecular formula is C36H35N5O6S. The largest absolute Gasteiger partial charge is 0.497 e. The number of benzene rings is 3. The number of non-ortho nitro benzene ring substituents is 1. The van der Waals surface area contributed by atoms with Crippen LogP contribution in [0.5, 0.6) is 11.5 Å². The number of aromatic nitrogens is 2. The van der Waals surface area contributed by atoms with E-state index in [4.69, 9.17) is 14.5 Å². The fourth-order valence-electron chi connectivity index (χ4n) is 6.21. The summed E-state index contributed by atoms with van der Waals surface area (Å²) >= 11 is 1.27. The highest BCUT2D eigenvalue weighted by Crippen LogP contribution is 2.38. The van der Waals surface area contributed by atoms with Gasteiger partial charge in [-0.05, 0) is 56.7 Å². The molecule has 1 aliphatic rings. The Bertz CT molecular complexity index is 2260. The summed E-state index contributed by atoms with van der Waals surface area (Å²) in [7, 11) is 3.13. The molecule has 0 aliphatic carbocycles. The summed E-state index contributed by atoms with van der Waals surface area (Å²) in [5, 5.41) is 12.1. The lowest BCUT2D eigenvalue weighted by Gasteiger charge is -2.30. The smallest absolute Gasteiger partial charge is 0.271 e. The highest BCUT2D eigenvalue weighted by Gasteiger charge is 2.36. The Kier molecular flexibility index (Phi) is 9.01. The van der Waals surface area contributed by atoms with E-state index >= 15 is 0 Å². The first-order valence-corrected chi connectivity index (χ1v) is 16.4. The second-order valence-electron chi connectivity index (χ2n) is 11.3. The predicted octanol–water partition coefficient (Wildman–Crippen LogP) is 5.03. The molecule has 0 radical (unpaired) electrons. The number of hydrogen-bond donors (Lipinski definition) is 0. The van der Waals surface area contributed by atoms with Gasteiger partial charge in [0.1, 0.15) is 17.5 Å². The van der Waals surface area contributed by atoms with Crippen molar-refractivity contribution in [2.24, 2.45) is 4.99 Å². The van der Waals surface area contributed by atoms with Crippen LogP contribution >= 0.6 is 11.3 Å². The fraction of sp³-hybridized carbons (Fsp3) is 0.250. The zero-order chi connectivity index (χ0) is 34.1. The topological polar surface area (TPSA) is 121 Å². The van der Waals surface area contributed by atoms with E-state index in [1.807, 2.05) is 50.4 Å². The molecule has 0 unspecified atom stereocenters. The average Bonchev–Trinajstić information content (AvgIpc) is 3.60. The molecule has 1 aliphatic heterocycles. The molecule has 12 heteroatoms. The van der Waals surface area contributed by atoms with Crippen LogP contribution in [0.3, 0.4) is 0 Å². The number of amides is 1. The lowest BCUT2D eigenvalue weighted by atomic mass is 9.93. The van der Waals surface area contributed by atoms with E-state index < -0.39 is 11.0 Å². The number of para-hydroxylation sites is 1. The summed E-state index contributed by atoms with van der Waals surface area (Å²) in [6.07, 6.45) is 3.84. The monoisotopic (exact) mass is 665 g/mol. The lowest BCUT2D eigenvalue weighted by molar-refractivity contribution is -0.384. The Morgan fingerprint density at radius 3 is 2.46 bits per heavy atom. The molecule has 0 saturated heterocycles. The number of ether oxygens (including phenoxy) is 2. The molecule has 6 rings (SSSR count). The molecule has 3 heterocycles. The standard InChI is InChI=1S/C36H35N5O6S/c1-6-38(7-2)35(43)32-22(3)37-36-40(33(32)28-19-26(46-4)16-17-30(28)47-5)34(42)31(48-36)18-24-21-39(29-11-9-8-10-27(24)29)20-23-12-14-25(15-13-23)41(44)45/h8-19,21,33H,6-7,20H2,1-5H3/b31-18+/t33-/m1/s1. The number of methoxy groups -OCH3 is 2. The number of carbonyl (C=O) groups is 1. The second-order valence-corrected chi connectivity index (χ2v) is 12.3. The number of nitro benzene ring substituents is 1. The molecule has 3 aromatic carbocycles. The molecule has 1 atom stereocenters. The van der Waals surface area contributed by atoms with E-state index in [9.17, 15) is 19.7 Å². The second kappa shape index (κ2) is 13.3. The van der Waals surface area contributed by atoms with Gasteiger partial charge >= 0.3 is 0 Å². The number of carbonyl (C=O) groups excluding carboxylic acids is 1. The van der Waals surface area contributed by atoms with Gasteiger partial charge in [0.05, 0.1) is 34.9 Å². The van der Waals surface area contributed by atoms with Crippen LogP contribution in [0.2, 0.25) is 0 Å². The Balaban J connectivity index is 1.52. The van der Waals surface area contributed by atoms with Crippen molar-refractivity contribution >= 4 is 39.9 Å². The number of allylic oxidation sites excluding steroid dienone is 1. The van der Waals surface area contributed by atoms with Crippen LogP contribution in [0.25, 0.3) is 17.0 Å². The summed E-state index contributed by atoms with van der Waals surface area (Å²) in [5.41, 5.74) is 4.01.